The Kier molecular flexibility index (Phi) is 4.87. The van der Waals surface area contributed by atoms with E-state index in [9.17, 15) is 4.39 Å². The molecule has 0 radical (unpaired) electrons. The molecule has 0 unspecified atom stereocenters. The summed E-state index contributed by atoms with van der Waals surface area (Å²) in [6.07, 6.45) is 1.27. The summed E-state index contributed by atoms with van der Waals surface area (Å²) in [5, 5.41) is 5.27. The van der Waals surface area contributed by atoms with Crippen LogP contribution in [0.5, 0.6) is 0 Å². The second-order valence-corrected chi connectivity index (χ2v) is 5.38. The molecule has 0 spiro atoms. The summed E-state index contributed by atoms with van der Waals surface area (Å²) in [6, 6.07) is 5.68. The lowest BCUT2D eigenvalue weighted by Gasteiger charge is -2.20. The topological polar surface area (TPSA) is 28.2 Å². The lowest BCUT2D eigenvalue weighted by molar-refractivity contribution is 0.613. The van der Waals surface area contributed by atoms with E-state index in [0.717, 1.165) is 24.5 Å². The molecule has 0 aliphatic heterocycles. The molecule has 2 aromatic rings. The summed E-state index contributed by atoms with van der Waals surface area (Å²) in [5.41, 5.74) is 0.890. The fourth-order valence-corrected chi connectivity index (χ4v) is 2.68. The number of nitrogens with one attached hydrogen (secondary N) is 1. The second-order valence-electron chi connectivity index (χ2n) is 4.35. The fourth-order valence-electron chi connectivity index (χ4n) is 1.92. The molecule has 0 bridgehead atoms. The number of hydrogen-bond donors (Lipinski definition) is 1. The summed E-state index contributed by atoms with van der Waals surface area (Å²) in [6.45, 7) is 4.30. The molecule has 19 heavy (non-hydrogen) atoms. The highest BCUT2D eigenvalue weighted by Gasteiger charge is 2.11. The summed E-state index contributed by atoms with van der Waals surface area (Å²) >= 11 is 1.71. The molecule has 0 aliphatic rings. The number of rotatable bonds is 6. The van der Waals surface area contributed by atoms with Crippen molar-refractivity contribution in [1.29, 1.82) is 0 Å². The summed E-state index contributed by atoms with van der Waals surface area (Å²) < 4.78 is 13.3. The van der Waals surface area contributed by atoms with Crippen LogP contribution in [0.3, 0.4) is 0 Å². The number of nitrogens with zero attached hydrogens (tertiary/aromatic N) is 2. The number of thiophene rings is 1. The molecule has 5 heteroatoms. The van der Waals surface area contributed by atoms with Crippen LogP contribution >= 0.6 is 11.3 Å². The minimum Gasteiger partial charge on any atom is -0.354 e. The highest BCUT2D eigenvalue weighted by Crippen LogP contribution is 2.20. The summed E-state index contributed by atoms with van der Waals surface area (Å²) in [7, 11) is 1.98. The molecule has 0 amide bonds. The molecule has 2 heterocycles. The molecular formula is C14H18FN3S. The van der Waals surface area contributed by atoms with Gasteiger partial charge in [0.1, 0.15) is 11.6 Å². The van der Waals surface area contributed by atoms with Crippen molar-refractivity contribution in [1.82, 2.24) is 10.3 Å². The highest BCUT2D eigenvalue weighted by molar-refractivity contribution is 7.09. The van der Waals surface area contributed by atoms with Crippen molar-refractivity contribution >= 4 is 17.2 Å². The van der Waals surface area contributed by atoms with Crippen LogP contribution in [-0.4, -0.2) is 18.6 Å². The van der Waals surface area contributed by atoms with E-state index in [2.05, 4.69) is 26.6 Å². The van der Waals surface area contributed by atoms with E-state index in [1.807, 2.05) is 20.0 Å². The number of halogens is 1. The SMILES string of the molecule is CCNCc1cc(F)cnc1N(C)Cc1cccs1. The quantitative estimate of drug-likeness (QED) is 0.881. The van der Waals surface area contributed by atoms with Crippen LogP contribution in [0.2, 0.25) is 0 Å². The van der Waals surface area contributed by atoms with E-state index in [-0.39, 0.29) is 5.82 Å². The van der Waals surface area contributed by atoms with Gasteiger partial charge in [0.15, 0.2) is 0 Å². The predicted octanol–water partition coefficient (Wildman–Crippen LogP) is 3.03. The Morgan fingerprint density at radius 3 is 3.00 bits per heavy atom. The first-order chi connectivity index (χ1) is 9.20. The zero-order valence-electron chi connectivity index (χ0n) is 11.2. The van der Waals surface area contributed by atoms with Crippen LogP contribution < -0.4 is 10.2 Å². The zero-order chi connectivity index (χ0) is 13.7. The monoisotopic (exact) mass is 279 g/mol. The van der Waals surface area contributed by atoms with Gasteiger partial charge in [-0.2, -0.15) is 0 Å². The first-order valence-electron chi connectivity index (χ1n) is 6.29. The first kappa shape index (κ1) is 14.0. The van der Waals surface area contributed by atoms with Gasteiger partial charge in [-0.3, -0.25) is 0 Å². The average Bonchev–Trinajstić information content (AvgIpc) is 2.89. The second kappa shape index (κ2) is 6.63. The molecule has 0 fully saturated rings. The molecule has 0 saturated heterocycles. The molecular weight excluding hydrogens is 261 g/mol. The van der Waals surface area contributed by atoms with Crippen molar-refractivity contribution in [3.63, 3.8) is 0 Å². The summed E-state index contributed by atoms with van der Waals surface area (Å²) in [5.74, 6) is 0.539. The van der Waals surface area contributed by atoms with Gasteiger partial charge in [-0.05, 0) is 24.1 Å². The van der Waals surface area contributed by atoms with E-state index in [1.54, 1.807) is 17.4 Å². The number of aromatic nitrogens is 1. The van der Waals surface area contributed by atoms with E-state index >= 15 is 0 Å². The number of pyridine rings is 1. The Bertz CT molecular complexity index is 513. The fraction of sp³-hybridized carbons (Fsp3) is 0.357. The van der Waals surface area contributed by atoms with Gasteiger partial charge < -0.3 is 10.2 Å². The van der Waals surface area contributed by atoms with Gasteiger partial charge in [-0.15, -0.1) is 11.3 Å². The van der Waals surface area contributed by atoms with Gasteiger partial charge in [0.05, 0.1) is 12.7 Å². The maximum Gasteiger partial charge on any atom is 0.141 e. The normalized spacial score (nSPS) is 10.7. The maximum atomic E-state index is 13.3. The van der Waals surface area contributed by atoms with Crippen molar-refractivity contribution in [2.75, 3.05) is 18.5 Å². The molecule has 1 N–H and O–H groups in total. The molecule has 0 saturated carbocycles. The zero-order valence-corrected chi connectivity index (χ0v) is 12.0. The number of hydrogen-bond acceptors (Lipinski definition) is 4. The van der Waals surface area contributed by atoms with Gasteiger partial charge in [-0.25, -0.2) is 9.37 Å². The van der Waals surface area contributed by atoms with Crippen LogP contribution in [0, 0.1) is 5.82 Å². The van der Waals surface area contributed by atoms with Crippen molar-refractivity contribution in [3.8, 4) is 0 Å². The van der Waals surface area contributed by atoms with Crippen LogP contribution in [0.25, 0.3) is 0 Å². The third-order valence-corrected chi connectivity index (χ3v) is 3.67. The van der Waals surface area contributed by atoms with E-state index in [1.165, 1.54) is 11.1 Å². The standard InChI is InChI=1S/C14H18FN3S/c1-3-16-8-11-7-12(15)9-17-14(11)18(2)10-13-5-4-6-19-13/h4-7,9,16H,3,8,10H2,1-2H3. The lowest BCUT2D eigenvalue weighted by atomic mass is 10.2. The van der Waals surface area contributed by atoms with Gasteiger partial charge in [-0.1, -0.05) is 13.0 Å². The smallest absolute Gasteiger partial charge is 0.141 e. The molecule has 0 atom stereocenters. The minimum atomic E-state index is -0.291. The predicted molar refractivity (Wildman–Crippen MR) is 78.0 cm³/mol. The first-order valence-corrected chi connectivity index (χ1v) is 7.17. The van der Waals surface area contributed by atoms with Crippen molar-refractivity contribution in [2.24, 2.45) is 0 Å². The molecule has 0 aliphatic carbocycles. The van der Waals surface area contributed by atoms with E-state index in [4.69, 9.17) is 0 Å². The largest absolute Gasteiger partial charge is 0.354 e. The van der Waals surface area contributed by atoms with Crippen molar-refractivity contribution in [3.05, 3.63) is 46.0 Å². The Morgan fingerprint density at radius 2 is 2.32 bits per heavy atom. The Balaban J connectivity index is 2.17. The van der Waals surface area contributed by atoms with E-state index in [0.29, 0.717) is 6.54 Å². The summed E-state index contributed by atoms with van der Waals surface area (Å²) in [4.78, 5) is 7.55. The average molecular weight is 279 g/mol. The van der Waals surface area contributed by atoms with Gasteiger partial charge >= 0.3 is 0 Å². The van der Waals surface area contributed by atoms with E-state index < -0.39 is 0 Å². The van der Waals surface area contributed by atoms with Crippen LogP contribution in [0.1, 0.15) is 17.4 Å². The molecule has 0 aromatic carbocycles. The number of anilines is 1. The van der Waals surface area contributed by atoms with Crippen molar-refractivity contribution < 1.29 is 4.39 Å². The Morgan fingerprint density at radius 1 is 1.47 bits per heavy atom. The third kappa shape index (κ3) is 3.75. The molecule has 2 aromatic heterocycles. The highest BCUT2D eigenvalue weighted by atomic mass is 32.1. The van der Waals surface area contributed by atoms with Crippen LogP contribution in [0.15, 0.2) is 29.8 Å². The van der Waals surface area contributed by atoms with Crippen molar-refractivity contribution in [2.45, 2.75) is 20.0 Å². The molecule has 102 valence electrons. The van der Waals surface area contributed by atoms with Crippen LogP contribution in [0.4, 0.5) is 10.2 Å². The third-order valence-electron chi connectivity index (χ3n) is 2.81. The van der Waals surface area contributed by atoms with Gasteiger partial charge in [0.2, 0.25) is 0 Å². The molecule has 3 nitrogen and oxygen atoms in total. The van der Waals surface area contributed by atoms with Gasteiger partial charge in [0, 0.05) is 24.0 Å². The maximum absolute atomic E-state index is 13.3. The Hall–Kier alpha value is -1.46. The Labute approximate surface area is 117 Å². The minimum absolute atomic E-state index is 0.291. The van der Waals surface area contributed by atoms with Gasteiger partial charge in [0.25, 0.3) is 0 Å². The van der Waals surface area contributed by atoms with Crippen LogP contribution in [-0.2, 0) is 13.1 Å². The molecule has 2 rings (SSSR count). The lowest BCUT2D eigenvalue weighted by Crippen LogP contribution is -2.21.